The van der Waals surface area contributed by atoms with Crippen LogP contribution >= 0.6 is 0 Å². The fourth-order valence-electron chi connectivity index (χ4n) is 2.12. The zero-order valence-corrected chi connectivity index (χ0v) is 11.9. The van der Waals surface area contributed by atoms with E-state index in [-0.39, 0.29) is 6.04 Å². The summed E-state index contributed by atoms with van der Waals surface area (Å²) in [6.07, 6.45) is 0. The van der Waals surface area contributed by atoms with Crippen LogP contribution in [0.25, 0.3) is 0 Å². The summed E-state index contributed by atoms with van der Waals surface area (Å²) >= 11 is 0. The Morgan fingerprint density at radius 3 is 2.74 bits per heavy atom. The Balaban J connectivity index is 2.12. The first kappa shape index (κ1) is 13.6. The number of aryl methyl sites for hydroxylation is 1. The van der Waals surface area contributed by atoms with Crippen LogP contribution in [-0.4, -0.2) is 24.2 Å². The highest BCUT2D eigenvalue weighted by molar-refractivity contribution is 5.35. The highest BCUT2D eigenvalue weighted by Gasteiger charge is 2.17. The Bertz CT molecular complexity index is 536. The third-order valence-corrected chi connectivity index (χ3v) is 3.33. The van der Waals surface area contributed by atoms with E-state index < -0.39 is 0 Å². The molecule has 1 aromatic heterocycles. The van der Waals surface area contributed by atoms with E-state index in [1.54, 1.807) is 7.11 Å². The molecule has 1 heterocycles. The Morgan fingerprint density at radius 2 is 2.11 bits per heavy atom. The van der Waals surface area contributed by atoms with Gasteiger partial charge in [0.15, 0.2) is 5.76 Å². The van der Waals surface area contributed by atoms with Gasteiger partial charge in [0.25, 0.3) is 0 Å². The van der Waals surface area contributed by atoms with Crippen molar-refractivity contribution in [2.24, 2.45) is 0 Å². The zero-order valence-electron chi connectivity index (χ0n) is 11.9. The van der Waals surface area contributed by atoms with Crippen molar-refractivity contribution >= 4 is 0 Å². The molecule has 0 saturated carbocycles. The smallest absolute Gasteiger partial charge is 0.150 e. The molecule has 0 spiro atoms. The molecule has 1 aromatic carbocycles. The number of para-hydroxylation sites is 1. The molecule has 102 valence electrons. The molecule has 0 saturated heterocycles. The molecule has 4 nitrogen and oxygen atoms in total. The maximum atomic E-state index is 5.41. The molecular formula is C15H20N2O2. The van der Waals surface area contributed by atoms with Gasteiger partial charge >= 0.3 is 0 Å². The third kappa shape index (κ3) is 3.15. The molecule has 1 atom stereocenters. The first-order valence-corrected chi connectivity index (χ1v) is 6.37. The lowest BCUT2D eigenvalue weighted by Gasteiger charge is -2.25. The van der Waals surface area contributed by atoms with Gasteiger partial charge in [0, 0.05) is 17.7 Å². The molecule has 0 aliphatic carbocycles. The van der Waals surface area contributed by atoms with Crippen LogP contribution in [0.15, 0.2) is 34.9 Å². The van der Waals surface area contributed by atoms with Gasteiger partial charge < -0.3 is 9.26 Å². The van der Waals surface area contributed by atoms with E-state index in [9.17, 15) is 0 Å². The second-order valence-corrected chi connectivity index (χ2v) is 4.77. The van der Waals surface area contributed by atoms with E-state index in [1.807, 2.05) is 31.2 Å². The Morgan fingerprint density at radius 1 is 1.37 bits per heavy atom. The number of benzene rings is 1. The minimum absolute atomic E-state index is 0.238. The average molecular weight is 260 g/mol. The van der Waals surface area contributed by atoms with E-state index >= 15 is 0 Å². The van der Waals surface area contributed by atoms with Crippen LogP contribution in [0.2, 0.25) is 0 Å². The summed E-state index contributed by atoms with van der Waals surface area (Å²) in [4.78, 5) is 2.21. The molecule has 0 unspecified atom stereocenters. The normalized spacial score (nSPS) is 12.7. The summed E-state index contributed by atoms with van der Waals surface area (Å²) in [6, 6.07) is 10.3. The van der Waals surface area contributed by atoms with Crippen molar-refractivity contribution in [1.29, 1.82) is 0 Å². The van der Waals surface area contributed by atoms with E-state index in [2.05, 4.69) is 30.1 Å². The molecule has 2 aromatic rings. The van der Waals surface area contributed by atoms with E-state index in [4.69, 9.17) is 9.26 Å². The van der Waals surface area contributed by atoms with Crippen LogP contribution in [-0.2, 0) is 6.54 Å². The number of nitrogens with zero attached hydrogens (tertiary/aromatic N) is 2. The van der Waals surface area contributed by atoms with Crippen LogP contribution in [0.1, 0.15) is 30.0 Å². The topological polar surface area (TPSA) is 38.5 Å². The molecule has 0 aliphatic rings. The highest BCUT2D eigenvalue weighted by atomic mass is 16.5. The van der Waals surface area contributed by atoms with Gasteiger partial charge in [-0.25, -0.2) is 0 Å². The van der Waals surface area contributed by atoms with Crippen molar-refractivity contribution in [3.05, 3.63) is 47.3 Å². The van der Waals surface area contributed by atoms with E-state index in [0.29, 0.717) is 0 Å². The first-order valence-electron chi connectivity index (χ1n) is 6.37. The predicted octanol–water partition coefficient (Wildman–Crippen LogP) is 3.18. The van der Waals surface area contributed by atoms with Crippen molar-refractivity contribution in [3.8, 4) is 5.75 Å². The van der Waals surface area contributed by atoms with E-state index in [0.717, 1.165) is 23.7 Å². The van der Waals surface area contributed by atoms with Crippen molar-refractivity contribution in [2.75, 3.05) is 14.2 Å². The fourth-order valence-corrected chi connectivity index (χ4v) is 2.12. The molecule has 0 amide bonds. The average Bonchev–Trinajstić information content (AvgIpc) is 2.83. The number of ether oxygens (including phenoxy) is 1. The fraction of sp³-hybridized carbons (Fsp3) is 0.400. The van der Waals surface area contributed by atoms with Gasteiger partial charge in [-0.15, -0.1) is 0 Å². The Kier molecular flexibility index (Phi) is 4.22. The standard InChI is InChI=1S/C15H20N2O2/c1-11-9-13(19-16-11)10-17(3)12(2)14-7-5-6-8-15(14)18-4/h5-9,12H,10H2,1-4H3/t12-/m1/s1. The predicted molar refractivity (Wildman–Crippen MR) is 74.1 cm³/mol. The SMILES string of the molecule is COc1ccccc1[C@@H](C)N(C)Cc1cc(C)no1. The lowest BCUT2D eigenvalue weighted by atomic mass is 10.1. The molecule has 0 N–H and O–H groups in total. The third-order valence-electron chi connectivity index (χ3n) is 3.33. The number of hydrogen-bond acceptors (Lipinski definition) is 4. The summed E-state index contributed by atoms with van der Waals surface area (Å²) in [7, 11) is 3.76. The molecule has 2 rings (SSSR count). The molecule has 19 heavy (non-hydrogen) atoms. The number of methoxy groups -OCH3 is 1. The second-order valence-electron chi connectivity index (χ2n) is 4.77. The quantitative estimate of drug-likeness (QED) is 0.827. The minimum atomic E-state index is 0.238. The maximum Gasteiger partial charge on any atom is 0.150 e. The molecule has 0 radical (unpaired) electrons. The number of aromatic nitrogens is 1. The van der Waals surface area contributed by atoms with Gasteiger partial charge in [-0.3, -0.25) is 4.90 Å². The lowest BCUT2D eigenvalue weighted by molar-refractivity contribution is 0.217. The summed E-state index contributed by atoms with van der Waals surface area (Å²) in [5.74, 6) is 1.79. The Labute approximate surface area is 114 Å². The number of hydrogen-bond donors (Lipinski definition) is 0. The minimum Gasteiger partial charge on any atom is -0.496 e. The van der Waals surface area contributed by atoms with Crippen LogP contribution in [0, 0.1) is 6.92 Å². The van der Waals surface area contributed by atoms with Crippen molar-refractivity contribution < 1.29 is 9.26 Å². The molecule has 4 heteroatoms. The molecular weight excluding hydrogens is 240 g/mol. The van der Waals surface area contributed by atoms with Gasteiger partial charge in [-0.1, -0.05) is 23.4 Å². The van der Waals surface area contributed by atoms with Crippen LogP contribution in [0.4, 0.5) is 0 Å². The van der Waals surface area contributed by atoms with Gasteiger partial charge in [0.2, 0.25) is 0 Å². The van der Waals surface area contributed by atoms with E-state index in [1.165, 1.54) is 5.56 Å². The zero-order chi connectivity index (χ0) is 13.8. The maximum absolute atomic E-state index is 5.41. The van der Waals surface area contributed by atoms with Gasteiger partial charge in [0.1, 0.15) is 5.75 Å². The summed E-state index contributed by atoms with van der Waals surface area (Å²) < 4.78 is 10.7. The van der Waals surface area contributed by atoms with Crippen LogP contribution < -0.4 is 4.74 Å². The van der Waals surface area contributed by atoms with Crippen molar-refractivity contribution in [1.82, 2.24) is 10.1 Å². The molecule has 0 fully saturated rings. The lowest BCUT2D eigenvalue weighted by Crippen LogP contribution is -2.22. The van der Waals surface area contributed by atoms with Gasteiger partial charge in [0.05, 0.1) is 19.3 Å². The largest absolute Gasteiger partial charge is 0.496 e. The molecule has 0 aliphatic heterocycles. The molecule has 0 bridgehead atoms. The summed E-state index contributed by atoms with van der Waals surface area (Å²) in [5.41, 5.74) is 2.08. The van der Waals surface area contributed by atoms with Gasteiger partial charge in [-0.2, -0.15) is 0 Å². The van der Waals surface area contributed by atoms with Gasteiger partial charge in [-0.05, 0) is 27.0 Å². The second kappa shape index (κ2) is 5.89. The highest BCUT2D eigenvalue weighted by Crippen LogP contribution is 2.28. The van der Waals surface area contributed by atoms with Crippen molar-refractivity contribution in [3.63, 3.8) is 0 Å². The Hall–Kier alpha value is -1.81. The van der Waals surface area contributed by atoms with Crippen LogP contribution in [0.5, 0.6) is 5.75 Å². The van der Waals surface area contributed by atoms with Crippen molar-refractivity contribution in [2.45, 2.75) is 26.4 Å². The monoisotopic (exact) mass is 260 g/mol. The summed E-state index contributed by atoms with van der Waals surface area (Å²) in [5, 5.41) is 3.91. The number of rotatable bonds is 5. The summed E-state index contributed by atoms with van der Waals surface area (Å²) in [6.45, 7) is 4.80. The van der Waals surface area contributed by atoms with Crippen LogP contribution in [0.3, 0.4) is 0 Å². The first-order chi connectivity index (χ1) is 9.11.